The van der Waals surface area contributed by atoms with Crippen molar-refractivity contribution in [1.82, 2.24) is 0 Å². The van der Waals surface area contributed by atoms with Gasteiger partial charge in [0.25, 0.3) is 0 Å². The van der Waals surface area contributed by atoms with Crippen LogP contribution in [0.4, 0.5) is 8.78 Å². The summed E-state index contributed by atoms with van der Waals surface area (Å²) in [5.74, 6) is 2.05. The molecule has 0 aromatic carbocycles. The maximum absolute atomic E-state index is 13.1. The van der Waals surface area contributed by atoms with E-state index in [1.165, 1.54) is 0 Å². The molecule has 13 heavy (non-hydrogen) atoms. The van der Waals surface area contributed by atoms with Gasteiger partial charge in [-0.1, -0.05) is 12.2 Å². The fourth-order valence-corrected chi connectivity index (χ4v) is 3.54. The highest BCUT2D eigenvalue weighted by atomic mass is 19.2. The van der Waals surface area contributed by atoms with Crippen LogP contribution in [-0.4, -0.2) is 12.3 Å². The summed E-state index contributed by atoms with van der Waals surface area (Å²) in [6.07, 6.45) is 4.17. The van der Waals surface area contributed by atoms with Gasteiger partial charge in [-0.05, 0) is 42.9 Å². The van der Waals surface area contributed by atoms with Crippen LogP contribution in [0.25, 0.3) is 0 Å². The van der Waals surface area contributed by atoms with Gasteiger partial charge in [0.05, 0.1) is 0 Å². The van der Waals surface area contributed by atoms with Crippen LogP contribution < -0.4 is 0 Å². The van der Waals surface area contributed by atoms with Crippen molar-refractivity contribution in [2.75, 3.05) is 0 Å². The maximum Gasteiger partial charge on any atom is 0.131 e. The topological polar surface area (TPSA) is 0 Å². The average molecular weight is 184 g/mol. The van der Waals surface area contributed by atoms with E-state index >= 15 is 0 Å². The Morgan fingerprint density at radius 1 is 0.769 bits per heavy atom. The molecule has 0 aromatic heterocycles. The summed E-state index contributed by atoms with van der Waals surface area (Å²) in [4.78, 5) is 0. The van der Waals surface area contributed by atoms with Crippen LogP contribution in [0.1, 0.15) is 19.3 Å². The van der Waals surface area contributed by atoms with Crippen LogP contribution in [0.5, 0.6) is 0 Å². The third-order valence-corrected chi connectivity index (χ3v) is 4.19. The Balaban J connectivity index is 1.85. The predicted octanol–water partition coefficient (Wildman–Crippen LogP) is 2.89. The maximum atomic E-state index is 13.1. The van der Waals surface area contributed by atoms with Gasteiger partial charge in [0.15, 0.2) is 0 Å². The largest absolute Gasteiger partial charge is 0.244 e. The summed E-state index contributed by atoms with van der Waals surface area (Å²) in [5.41, 5.74) is 0. The van der Waals surface area contributed by atoms with Crippen LogP contribution in [0.2, 0.25) is 0 Å². The first-order valence-corrected chi connectivity index (χ1v) is 5.22. The highest BCUT2D eigenvalue weighted by molar-refractivity contribution is 5.15. The molecule has 0 saturated heterocycles. The minimum atomic E-state index is -1.19. The number of hydrogen-bond donors (Lipinski definition) is 0. The third kappa shape index (κ3) is 1.01. The molecule has 2 bridgehead atoms. The van der Waals surface area contributed by atoms with Crippen LogP contribution in [0.15, 0.2) is 12.2 Å². The zero-order chi connectivity index (χ0) is 9.00. The molecule has 0 heterocycles. The van der Waals surface area contributed by atoms with E-state index < -0.39 is 12.3 Å². The van der Waals surface area contributed by atoms with E-state index in [2.05, 4.69) is 12.2 Å². The SMILES string of the molecule is FC1CC2C3C=CC(C3)C2CC1F. The molecule has 0 radical (unpaired) electrons. The van der Waals surface area contributed by atoms with Gasteiger partial charge in [-0.15, -0.1) is 0 Å². The molecule has 0 amide bonds. The van der Waals surface area contributed by atoms with Crippen molar-refractivity contribution in [3.8, 4) is 0 Å². The fourth-order valence-electron chi connectivity index (χ4n) is 3.54. The van der Waals surface area contributed by atoms with Crippen molar-refractivity contribution >= 4 is 0 Å². The number of rotatable bonds is 0. The Hall–Kier alpha value is -0.400. The van der Waals surface area contributed by atoms with E-state index in [1.54, 1.807) is 0 Å². The summed E-state index contributed by atoms with van der Waals surface area (Å²) >= 11 is 0. The van der Waals surface area contributed by atoms with Gasteiger partial charge in [0.2, 0.25) is 0 Å². The second kappa shape index (κ2) is 2.55. The molecule has 72 valence electrons. The van der Waals surface area contributed by atoms with Crippen LogP contribution >= 0.6 is 0 Å². The van der Waals surface area contributed by atoms with E-state index in [-0.39, 0.29) is 0 Å². The lowest BCUT2D eigenvalue weighted by atomic mass is 9.72. The van der Waals surface area contributed by atoms with E-state index in [1.807, 2.05) is 0 Å². The van der Waals surface area contributed by atoms with Crippen molar-refractivity contribution in [2.45, 2.75) is 31.6 Å². The van der Waals surface area contributed by atoms with E-state index in [4.69, 9.17) is 0 Å². The number of halogens is 2. The zero-order valence-electron chi connectivity index (χ0n) is 7.50. The number of alkyl halides is 2. The Morgan fingerprint density at radius 3 is 1.69 bits per heavy atom. The first-order chi connectivity index (χ1) is 6.25. The summed E-state index contributed by atoms with van der Waals surface area (Å²) in [5, 5.41) is 0. The molecule has 0 aliphatic heterocycles. The lowest BCUT2D eigenvalue weighted by molar-refractivity contribution is 0.0458. The second-order valence-corrected chi connectivity index (χ2v) is 4.78. The summed E-state index contributed by atoms with van der Waals surface area (Å²) in [7, 11) is 0. The molecule has 2 fully saturated rings. The van der Waals surface area contributed by atoms with Crippen LogP contribution in [0, 0.1) is 23.7 Å². The molecule has 2 saturated carbocycles. The second-order valence-electron chi connectivity index (χ2n) is 4.78. The monoisotopic (exact) mass is 184 g/mol. The van der Waals surface area contributed by atoms with Crippen molar-refractivity contribution in [3.63, 3.8) is 0 Å². The average Bonchev–Trinajstić information content (AvgIpc) is 2.67. The minimum Gasteiger partial charge on any atom is -0.244 e. The van der Waals surface area contributed by atoms with Gasteiger partial charge in [-0.2, -0.15) is 0 Å². The van der Waals surface area contributed by atoms with E-state index in [9.17, 15) is 8.78 Å². The fraction of sp³-hybridized carbons (Fsp3) is 0.818. The quantitative estimate of drug-likeness (QED) is 0.508. The summed E-state index contributed by atoms with van der Waals surface area (Å²) < 4.78 is 26.3. The van der Waals surface area contributed by atoms with Crippen molar-refractivity contribution in [2.24, 2.45) is 23.7 Å². The molecule has 3 aliphatic carbocycles. The van der Waals surface area contributed by atoms with Crippen molar-refractivity contribution in [3.05, 3.63) is 12.2 Å². The number of fused-ring (bicyclic) bond motifs is 5. The van der Waals surface area contributed by atoms with Gasteiger partial charge in [-0.3, -0.25) is 0 Å². The van der Waals surface area contributed by atoms with E-state index in [0.717, 1.165) is 6.42 Å². The highest BCUT2D eigenvalue weighted by Crippen LogP contribution is 2.54. The lowest BCUT2D eigenvalue weighted by Gasteiger charge is -2.35. The summed E-state index contributed by atoms with van der Waals surface area (Å²) in [6.45, 7) is 0. The Labute approximate surface area is 77.0 Å². The van der Waals surface area contributed by atoms with E-state index in [0.29, 0.717) is 36.5 Å². The number of allylic oxidation sites excluding steroid dienone is 2. The molecule has 3 rings (SSSR count). The molecule has 3 aliphatic rings. The first kappa shape index (κ1) is 7.95. The summed E-state index contributed by atoms with van der Waals surface area (Å²) in [6, 6.07) is 0. The highest BCUT2D eigenvalue weighted by Gasteiger charge is 2.50. The minimum absolute atomic E-state index is 0.456. The Morgan fingerprint density at radius 2 is 1.23 bits per heavy atom. The van der Waals surface area contributed by atoms with Gasteiger partial charge in [-0.25, -0.2) is 8.78 Å². The molecule has 0 nitrogen and oxygen atoms in total. The molecule has 0 N–H and O–H groups in total. The zero-order valence-corrected chi connectivity index (χ0v) is 7.50. The molecule has 0 aromatic rings. The molecular formula is C11H14F2. The van der Waals surface area contributed by atoms with Gasteiger partial charge < -0.3 is 0 Å². The smallest absolute Gasteiger partial charge is 0.131 e. The Kier molecular flexibility index (Phi) is 1.56. The Bertz CT molecular complexity index is 224. The third-order valence-electron chi connectivity index (χ3n) is 4.19. The lowest BCUT2D eigenvalue weighted by Crippen LogP contribution is -2.36. The normalized spacial score (nSPS) is 58.3. The molecule has 0 spiro atoms. The predicted molar refractivity (Wildman–Crippen MR) is 46.7 cm³/mol. The van der Waals surface area contributed by atoms with Gasteiger partial charge in [0, 0.05) is 0 Å². The number of hydrogen-bond acceptors (Lipinski definition) is 0. The molecular weight excluding hydrogens is 170 g/mol. The standard InChI is InChI=1S/C11H14F2/c12-10-4-8-6-1-2-7(3-6)9(8)5-11(10)13/h1-2,6-11H,3-5H2. The molecule has 2 heteroatoms. The molecule has 6 unspecified atom stereocenters. The van der Waals surface area contributed by atoms with Gasteiger partial charge >= 0.3 is 0 Å². The molecule has 6 atom stereocenters. The van der Waals surface area contributed by atoms with Gasteiger partial charge in [0.1, 0.15) is 12.3 Å². The van der Waals surface area contributed by atoms with Crippen LogP contribution in [-0.2, 0) is 0 Å². The first-order valence-electron chi connectivity index (χ1n) is 5.22. The van der Waals surface area contributed by atoms with Crippen molar-refractivity contribution in [1.29, 1.82) is 0 Å². The van der Waals surface area contributed by atoms with Crippen molar-refractivity contribution < 1.29 is 8.78 Å². The van der Waals surface area contributed by atoms with Crippen LogP contribution in [0.3, 0.4) is 0 Å².